The minimum atomic E-state index is 0.662. The highest BCUT2D eigenvalue weighted by atomic mass is 16.5. The fourth-order valence-electron chi connectivity index (χ4n) is 1.90. The number of ether oxygens (including phenoxy) is 1. The number of nitrogens with zero attached hydrogens (tertiary/aromatic N) is 4. The molecule has 2 aromatic carbocycles. The summed E-state index contributed by atoms with van der Waals surface area (Å²) in [5, 5.41) is 11.8. The van der Waals surface area contributed by atoms with Crippen molar-refractivity contribution in [3.8, 4) is 22.8 Å². The first-order valence-electron chi connectivity index (χ1n) is 6.06. The first kappa shape index (κ1) is 12.2. The molecule has 1 heterocycles. The highest BCUT2D eigenvalue weighted by Gasteiger charge is 2.10. The van der Waals surface area contributed by atoms with E-state index in [1.165, 1.54) is 0 Å². The second kappa shape index (κ2) is 5.00. The Balaban J connectivity index is 2.02. The average molecular weight is 267 g/mol. The smallest absolute Gasteiger partial charge is 0.187 e. The molecule has 0 amide bonds. The molecule has 0 radical (unpaired) electrons. The Morgan fingerprint density at radius 1 is 1.00 bits per heavy atom. The summed E-state index contributed by atoms with van der Waals surface area (Å²) in [7, 11) is 1.63. The minimum absolute atomic E-state index is 0.662. The molecule has 3 rings (SSSR count). The monoisotopic (exact) mass is 267 g/mol. The third kappa shape index (κ3) is 2.18. The molecular weight excluding hydrogens is 254 g/mol. The van der Waals surface area contributed by atoms with Gasteiger partial charge in [0.15, 0.2) is 5.82 Å². The number of rotatable bonds is 3. The van der Waals surface area contributed by atoms with Gasteiger partial charge < -0.3 is 10.5 Å². The molecule has 0 spiro atoms. The number of methoxy groups -OCH3 is 1. The van der Waals surface area contributed by atoms with Gasteiger partial charge in [-0.1, -0.05) is 0 Å². The Bertz CT molecular complexity index is 703. The van der Waals surface area contributed by atoms with E-state index in [1.807, 2.05) is 48.5 Å². The second-order valence-corrected chi connectivity index (χ2v) is 4.23. The predicted molar refractivity (Wildman–Crippen MR) is 75.6 cm³/mol. The third-order valence-electron chi connectivity index (χ3n) is 2.96. The highest BCUT2D eigenvalue weighted by Crippen LogP contribution is 2.21. The molecule has 6 heteroatoms. The maximum absolute atomic E-state index is 5.69. The highest BCUT2D eigenvalue weighted by molar-refractivity contribution is 5.60. The van der Waals surface area contributed by atoms with Crippen LogP contribution in [0.4, 0.5) is 5.69 Å². The summed E-state index contributed by atoms with van der Waals surface area (Å²) in [6, 6.07) is 15.0. The largest absolute Gasteiger partial charge is 0.497 e. The Labute approximate surface area is 115 Å². The molecule has 3 aromatic rings. The molecule has 0 aliphatic rings. The van der Waals surface area contributed by atoms with Crippen molar-refractivity contribution >= 4 is 5.69 Å². The second-order valence-electron chi connectivity index (χ2n) is 4.23. The van der Waals surface area contributed by atoms with Crippen LogP contribution < -0.4 is 10.5 Å². The van der Waals surface area contributed by atoms with E-state index in [9.17, 15) is 0 Å². The molecule has 0 aliphatic heterocycles. The van der Waals surface area contributed by atoms with Gasteiger partial charge >= 0.3 is 0 Å². The van der Waals surface area contributed by atoms with Crippen LogP contribution in [0.25, 0.3) is 17.1 Å². The first-order valence-corrected chi connectivity index (χ1v) is 6.06. The fourth-order valence-corrected chi connectivity index (χ4v) is 1.90. The van der Waals surface area contributed by atoms with Crippen molar-refractivity contribution in [1.82, 2.24) is 20.2 Å². The number of tetrazole rings is 1. The molecule has 6 nitrogen and oxygen atoms in total. The van der Waals surface area contributed by atoms with Gasteiger partial charge in [0.25, 0.3) is 0 Å². The molecule has 0 atom stereocenters. The lowest BCUT2D eigenvalue weighted by molar-refractivity contribution is 0.414. The van der Waals surface area contributed by atoms with Gasteiger partial charge in [0, 0.05) is 11.3 Å². The summed E-state index contributed by atoms with van der Waals surface area (Å²) in [5.74, 6) is 1.45. The van der Waals surface area contributed by atoms with Gasteiger partial charge in [-0.3, -0.25) is 0 Å². The molecule has 0 saturated heterocycles. The van der Waals surface area contributed by atoms with Crippen LogP contribution in [-0.2, 0) is 0 Å². The van der Waals surface area contributed by atoms with Gasteiger partial charge in [-0.2, -0.15) is 4.68 Å². The summed E-state index contributed by atoms with van der Waals surface area (Å²) in [5.41, 5.74) is 8.16. The van der Waals surface area contributed by atoms with Gasteiger partial charge in [0.1, 0.15) is 5.75 Å². The number of benzene rings is 2. The summed E-state index contributed by atoms with van der Waals surface area (Å²) in [6.07, 6.45) is 0. The first-order chi connectivity index (χ1) is 9.78. The van der Waals surface area contributed by atoms with Crippen molar-refractivity contribution in [2.75, 3.05) is 12.8 Å². The third-order valence-corrected chi connectivity index (χ3v) is 2.96. The van der Waals surface area contributed by atoms with Crippen LogP contribution >= 0.6 is 0 Å². The normalized spacial score (nSPS) is 10.4. The maximum atomic E-state index is 5.69. The van der Waals surface area contributed by atoms with Crippen LogP contribution in [0, 0.1) is 0 Å². The number of nitrogens with two attached hydrogens (primary N) is 1. The van der Waals surface area contributed by atoms with Crippen LogP contribution in [0.15, 0.2) is 48.5 Å². The van der Waals surface area contributed by atoms with Crippen LogP contribution in [0.2, 0.25) is 0 Å². The van der Waals surface area contributed by atoms with Crippen molar-refractivity contribution in [2.24, 2.45) is 0 Å². The van der Waals surface area contributed by atoms with Gasteiger partial charge in [-0.25, -0.2) is 0 Å². The minimum Gasteiger partial charge on any atom is -0.497 e. The molecule has 0 unspecified atom stereocenters. The van der Waals surface area contributed by atoms with E-state index in [-0.39, 0.29) is 0 Å². The topological polar surface area (TPSA) is 78.8 Å². The lowest BCUT2D eigenvalue weighted by atomic mass is 10.2. The van der Waals surface area contributed by atoms with E-state index in [2.05, 4.69) is 15.5 Å². The number of aromatic nitrogens is 4. The van der Waals surface area contributed by atoms with Crippen LogP contribution in [0.1, 0.15) is 0 Å². The van der Waals surface area contributed by atoms with Crippen molar-refractivity contribution in [3.05, 3.63) is 48.5 Å². The molecule has 1 aromatic heterocycles. The molecule has 20 heavy (non-hydrogen) atoms. The summed E-state index contributed by atoms with van der Waals surface area (Å²) in [4.78, 5) is 0. The lowest BCUT2D eigenvalue weighted by Crippen LogP contribution is -2.00. The van der Waals surface area contributed by atoms with Gasteiger partial charge in [-0.15, -0.1) is 5.10 Å². The number of hydrogen-bond donors (Lipinski definition) is 1. The van der Waals surface area contributed by atoms with Crippen molar-refractivity contribution < 1.29 is 4.74 Å². The maximum Gasteiger partial charge on any atom is 0.187 e. The van der Waals surface area contributed by atoms with Crippen LogP contribution in [-0.4, -0.2) is 27.3 Å². The Morgan fingerprint density at radius 2 is 1.70 bits per heavy atom. The zero-order valence-corrected chi connectivity index (χ0v) is 10.9. The van der Waals surface area contributed by atoms with Crippen molar-refractivity contribution in [3.63, 3.8) is 0 Å². The summed E-state index contributed by atoms with van der Waals surface area (Å²) in [6.45, 7) is 0. The standard InChI is InChI=1S/C14H13N5O/c1-20-13-8-6-12(7-9-13)19-14(16-17-18-19)10-2-4-11(15)5-3-10/h2-9H,15H2,1H3. The molecule has 0 fully saturated rings. The molecule has 0 aliphatic carbocycles. The van der Waals surface area contributed by atoms with Crippen molar-refractivity contribution in [2.45, 2.75) is 0 Å². The predicted octanol–water partition coefficient (Wildman–Crippen LogP) is 1.92. The number of hydrogen-bond acceptors (Lipinski definition) is 5. The number of nitrogen functional groups attached to an aromatic ring is 1. The van der Waals surface area contributed by atoms with E-state index in [0.29, 0.717) is 11.5 Å². The SMILES string of the molecule is COc1ccc(-n2nnnc2-c2ccc(N)cc2)cc1. The van der Waals surface area contributed by atoms with E-state index in [1.54, 1.807) is 11.8 Å². The van der Waals surface area contributed by atoms with Crippen molar-refractivity contribution in [1.29, 1.82) is 0 Å². The van der Waals surface area contributed by atoms with Gasteiger partial charge in [0.2, 0.25) is 0 Å². The Hall–Kier alpha value is -2.89. The summed E-state index contributed by atoms with van der Waals surface area (Å²) >= 11 is 0. The Kier molecular flexibility index (Phi) is 3.04. The van der Waals surface area contributed by atoms with E-state index >= 15 is 0 Å². The molecule has 2 N–H and O–H groups in total. The van der Waals surface area contributed by atoms with Gasteiger partial charge in [-0.05, 0) is 59.0 Å². The zero-order valence-electron chi connectivity index (χ0n) is 10.9. The fraction of sp³-hybridized carbons (Fsp3) is 0.0714. The lowest BCUT2D eigenvalue weighted by Gasteiger charge is -2.06. The molecular formula is C14H13N5O. The molecule has 0 bridgehead atoms. The quantitative estimate of drug-likeness (QED) is 0.733. The summed E-state index contributed by atoms with van der Waals surface area (Å²) < 4.78 is 6.81. The van der Waals surface area contributed by atoms with E-state index in [0.717, 1.165) is 17.0 Å². The van der Waals surface area contributed by atoms with Crippen LogP contribution in [0.5, 0.6) is 5.75 Å². The van der Waals surface area contributed by atoms with Crippen LogP contribution in [0.3, 0.4) is 0 Å². The Morgan fingerprint density at radius 3 is 2.35 bits per heavy atom. The van der Waals surface area contributed by atoms with E-state index < -0.39 is 0 Å². The van der Waals surface area contributed by atoms with Gasteiger partial charge in [0.05, 0.1) is 12.8 Å². The zero-order chi connectivity index (χ0) is 13.9. The molecule has 100 valence electrons. The van der Waals surface area contributed by atoms with E-state index in [4.69, 9.17) is 10.5 Å². The number of anilines is 1. The average Bonchev–Trinajstić information content (AvgIpc) is 2.97. The molecule has 0 saturated carbocycles.